The molecule has 144 valence electrons. The molecule has 0 aliphatic carbocycles. The van der Waals surface area contributed by atoms with Gasteiger partial charge >= 0.3 is 0 Å². The molecule has 1 atom stereocenters. The van der Waals surface area contributed by atoms with Crippen molar-refractivity contribution in [1.82, 2.24) is 0 Å². The molecule has 0 heterocycles. The van der Waals surface area contributed by atoms with Gasteiger partial charge in [0.1, 0.15) is 6.10 Å². The maximum Gasteiger partial charge on any atom is 0.269 e. The number of non-ortho nitro benzene ring substituents is 1. The molecule has 0 saturated carbocycles. The number of ether oxygens (including phenoxy) is 2. The highest BCUT2D eigenvalue weighted by Gasteiger charge is 2.12. The predicted octanol–water partition coefficient (Wildman–Crippen LogP) is 4.75. The van der Waals surface area contributed by atoms with Gasteiger partial charge in [0.15, 0.2) is 11.5 Å². The van der Waals surface area contributed by atoms with Gasteiger partial charge in [-0.15, -0.1) is 0 Å². The smallest absolute Gasteiger partial charge is 0.269 e. The Morgan fingerprint density at radius 2 is 1.93 bits per heavy atom. The van der Waals surface area contributed by atoms with Gasteiger partial charge < -0.3 is 14.3 Å². The molecule has 0 spiro atoms. The molecule has 0 N–H and O–H groups in total. The minimum Gasteiger partial charge on any atom is -0.493 e. The third-order valence-corrected chi connectivity index (χ3v) is 3.73. The lowest BCUT2D eigenvalue weighted by atomic mass is 10.1. The highest BCUT2D eigenvalue weighted by molar-refractivity contribution is 5.80. The van der Waals surface area contributed by atoms with E-state index in [1.165, 1.54) is 12.1 Å². The molecule has 2 aromatic rings. The van der Waals surface area contributed by atoms with Gasteiger partial charge in [-0.3, -0.25) is 10.1 Å². The minimum atomic E-state index is -0.436. The molecule has 2 aromatic carbocycles. The summed E-state index contributed by atoms with van der Waals surface area (Å²) in [6.45, 7) is 6.54. The summed E-state index contributed by atoms with van der Waals surface area (Å²) >= 11 is 0. The molecule has 0 aliphatic rings. The first kappa shape index (κ1) is 20.2. The second-order valence-electron chi connectivity index (χ2n) is 6.45. The molecule has 7 heteroatoms. The topological polar surface area (TPSA) is 83.2 Å². The van der Waals surface area contributed by atoms with E-state index in [2.05, 4.69) is 19.0 Å². The van der Waals surface area contributed by atoms with E-state index in [4.69, 9.17) is 14.3 Å². The first-order valence-corrected chi connectivity index (χ1v) is 8.65. The van der Waals surface area contributed by atoms with Crippen LogP contribution in [0.4, 0.5) is 5.69 Å². The molecule has 0 unspecified atom stereocenters. The van der Waals surface area contributed by atoms with Crippen LogP contribution in [-0.4, -0.2) is 24.9 Å². The summed E-state index contributed by atoms with van der Waals surface area (Å²) in [5, 5.41) is 14.8. The summed E-state index contributed by atoms with van der Waals surface area (Å²) in [4.78, 5) is 15.8. The zero-order valence-electron chi connectivity index (χ0n) is 15.9. The number of nitrogens with zero attached hydrogens (tertiary/aromatic N) is 2. The molecule has 0 aromatic heterocycles. The van der Waals surface area contributed by atoms with Gasteiger partial charge in [0.05, 0.1) is 24.9 Å². The fraction of sp³-hybridized carbons (Fsp3) is 0.350. The van der Waals surface area contributed by atoms with E-state index >= 15 is 0 Å². The summed E-state index contributed by atoms with van der Waals surface area (Å²) in [6.07, 6.45) is 1.14. The minimum absolute atomic E-state index is 0.0219. The number of nitro benzene ring substituents is 1. The van der Waals surface area contributed by atoms with Crippen molar-refractivity contribution in [2.75, 3.05) is 13.7 Å². The molecular weight excluding hydrogens is 348 g/mol. The quantitative estimate of drug-likeness (QED) is 0.360. The molecule has 2 rings (SSSR count). The number of hydrogen-bond acceptors (Lipinski definition) is 6. The predicted molar refractivity (Wildman–Crippen MR) is 104 cm³/mol. The summed E-state index contributed by atoms with van der Waals surface area (Å²) in [5.41, 5.74) is 1.49. The number of methoxy groups -OCH3 is 1. The van der Waals surface area contributed by atoms with Gasteiger partial charge in [0.2, 0.25) is 0 Å². The van der Waals surface area contributed by atoms with Crippen LogP contribution >= 0.6 is 0 Å². The maximum atomic E-state index is 10.9. The standard InChI is InChI=1S/C20H24N2O5/c1-14(2)13-26-19-9-8-16(10-20(19)25-4)12-21-27-15(3)17-6-5-7-18(11-17)22(23)24/h5-12,14-15H,13H2,1-4H3/b21-12-/t15-/m0/s1. The van der Waals surface area contributed by atoms with E-state index in [9.17, 15) is 10.1 Å². The summed E-state index contributed by atoms with van der Waals surface area (Å²) in [5.74, 6) is 1.71. The lowest BCUT2D eigenvalue weighted by Crippen LogP contribution is -2.05. The van der Waals surface area contributed by atoms with Gasteiger partial charge in [-0.05, 0) is 31.0 Å². The van der Waals surface area contributed by atoms with Gasteiger partial charge in [0, 0.05) is 23.3 Å². The molecule has 0 aliphatic heterocycles. The average molecular weight is 372 g/mol. The van der Waals surface area contributed by atoms with Crippen LogP contribution < -0.4 is 9.47 Å². The maximum absolute atomic E-state index is 10.9. The highest BCUT2D eigenvalue weighted by Crippen LogP contribution is 2.28. The first-order valence-electron chi connectivity index (χ1n) is 8.65. The monoisotopic (exact) mass is 372 g/mol. The Morgan fingerprint density at radius 1 is 1.15 bits per heavy atom. The fourth-order valence-corrected chi connectivity index (χ4v) is 2.27. The van der Waals surface area contributed by atoms with E-state index in [1.54, 1.807) is 38.4 Å². The number of nitro groups is 1. The summed E-state index contributed by atoms with van der Waals surface area (Å²) in [6, 6.07) is 11.8. The van der Waals surface area contributed by atoms with Crippen molar-refractivity contribution in [2.24, 2.45) is 11.1 Å². The van der Waals surface area contributed by atoms with E-state index in [-0.39, 0.29) is 5.69 Å². The molecule has 7 nitrogen and oxygen atoms in total. The van der Waals surface area contributed by atoms with Crippen LogP contribution in [0.2, 0.25) is 0 Å². The molecule has 27 heavy (non-hydrogen) atoms. The Hall–Kier alpha value is -3.09. The van der Waals surface area contributed by atoms with E-state index in [0.717, 1.165) is 5.56 Å². The van der Waals surface area contributed by atoms with Crippen LogP contribution in [0.5, 0.6) is 11.5 Å². The molecular formula is C20H24N2O5. The van der Waals surface area contributed by atoms with Crippen molar-refractivity contribution < 1.29 is 19.2 Å². The average Bonchev–Trinajstić information content (AvgIpc) is 2.66. The van der Waals surface area contributed by atoms with Gasteiger partial charge in [-0.1, -0.05) is 31.1 Å². The van der Waals surface area contributed by atoms with E-state index < -0.39 is 11.0 Å². The van der Waals surface area contributed by atoms with Crippen LogP contribution in [0.3, 0.4) is 0 Å². The lowest BCUT2D eigenvalue weighted by molar-refractivity contribution is -0.385. The molecule has 0 amide bonds. The van der Waals surface area contributed by atoms with E-state index in [0.29, 0.717) is 29.6 Å². The van der Waals surface area contributed by atoms with Crippen LogP contribution in [0.15, 0.2) is 47.6 Å². The SMILES string of the molecule is COc1cc(/C=N\O[C@@H](C)c2cccc([N+](=O)[O-])c2)ccc1OCC(C)C. The summed E-state index contributed by atoms with van der Waals surface area (Å²) < 4.78 is 11.1. The molecule has 0 bridgehead atoms. The van der Waals surface area contributed by atoms with Crippen molar-refractivity contribution in [1.29, 1.82) is 0 Å². The van der Waals surface area contributed by atoms with Crippen LogP contribution in [0.1, 0.15) is 38.0 Å². The van der Waals surface area contributed by atoms with Crippen molar-refractivity contribution in [3.8, 4) is 11.5 Å². The Bertz CT molecular complexity index is 805. The van der Waals surface area contributed by atoms with Gasteiger partial charge in [-0.2, -0.15) is 0 Å². The Morgan fingerprint density at radius 3 is 2.59 bits per heavy atom. The van der Waals surface area contributed by atoms with Crippen molar-refractivity contribution >= 4 is 11.9 Å². The Labute approximate surface area is 158 Å². The number of benzene rings is 2. The molecule has 0 radical (unpaired) electrons. The molecule has 0 fully saturated rings. The first-order chi connectivity index (χ1) is 12.9. The van der Waals surface area contributed by atoms with Crippen molar-refractivity contribution in [3.05, 3.63) is 63.7 Å². The number of rotatable bonds is 9. The fourth-order valence-electron chi connectivity index (χ4n) is 2.27. The van der Waals surface area contributed by atoms with Gasteiger partial charge in [-0.25, -0.2) is 0 Å². The second-order valence-corrected chi connectivity index (χ2v) is 6.45. The van der Waals surface area contributed by atoms with Crippen molar-refractivity contribution in [3.63, 3.8) is 0 Å². The third kappa shape index (κ3) is 5.99. The highest BCUT2D eigenvalue weighted by atomic mass is 16.6. The Kier molecular flexibility index (Phi) is 7.16. The van der Waals surface area contributed by atoms with E-state index in [1.807, 2.05) is 12.1 Å². The van der Waals surface area contributed by atoms with Crippen LogP contribution in [0.25, 0.3) is 0 Å². The largest absolute Gasteiger partial charge is 0.493 e. The Balaban J connectivity index is 2.03. The van der Waals surface area contributed by atoms with Gasteiger partial charge in [0.25, 0.3) is 5.69 Å². The van der Waals surface area contributed by atoms with Crippen LogP contribution in [0, 0.1) is 16.0 Å². The van der Waals surface area contributed by atoms with Crippen LogP contribution in [-0.2, 0) is 4.84 Å². The zero-order chi connectivity index (χ0) is 19.8. The molecule has 0 saturated heterocycles. The lowest BCUT2D eigenvalue weighted by Gasteiger charge is -2.13. The number of hydrogen-bond donors (Lipinski definition) is 0. The summed E-state index contributed by atoms with van der Waals surface area (Å²) in [7, 11) is 1.58. The second kappa shape index (κ2) is 9.56. The number of oxime groups is 1. The van der Waals surface area contributed by atoms with Crippen molar-refractivity contribution in [2.45, 2.75) is 26.9 Å². The normalized spacial score (nSPS) is 12.2. The zero-order valence-corrected chi connectivity index (χ0v) is 15.9. The third-order valence-electron chi connectivity index (χ3n) is 3.73.